The fourth-order valence-electron chi connectivity index (χ4n) is 1.83. The summed E-state index contributed by atoms with van der Waals surface area (Å²) in [5.41, 5.74) is 5.31. The van der Waals surface area contributed by atoms with Gasteiger partial charge < -0.3 is 20.7 Å². The average molecular weight is 215 g/mol. The summed E-state index contributed by atoms with van der Waals surface area (Å²) in [4.78, 5) is 13.1. The Morgan fingerprint density at radius 2 is 2.20 bits per heavy atom. The van der Waals surface area contributed by atoms with Gasteiger partial charge in [-0.25, -0.2) is 0 Å². The molecule has 1 aliphatic heterocycles. The largest absolute Gasteiger partial charge is 0.383 e. The molecular formula is C10H21N3O2. The zero-order valence-electron chi connectivity index (χ0n) is 9.37. The number of hydrogen-bond acceptors (Lipinski definition) is 4. The van der Waals surface area contributed by atoms with Gasteiger partial charge in [0.2, 0.25) is 5.91 Å². The Labute approximate surface area is 90.9 Å². The Bertz CT molecular complexity index is 191. The summed E-state index contributed by atoms with van der Waals surface area (Å²) in [6.07, 6.45) is 2.02. The van der Waals surface area contributed by atoms with E-state index < -0.39 is 0 Å². The van der Waals surface area contributed by atoms with E-state index in [1.807, 2.05) is 4.90 Å². The van der Waals surface area contributed by atoms with Crippen LogP contribution in [0.25, 0.3) is 0 Å². The molecule has 0 aromatic heterocycles. The lowest BCUT2D eigenvalue weighted by atomic mass is 10.1. The summed E-state index contributed by atoms with van der Waals surface area (Å²) in [5.74, 6) is 0.0605. The molecule has 88 valence electrons. The number of piperidine rings is 1. The molecule has 0 saturated carbocycles. The van der Waals surface area contributed by atoms with Crippen molar-refractivity contribution in [3.8, 4) is 0 Å². The number of carbonyl (C=O) groups excluding carboxylic acids is 1. The number of amides is 1. The van der Waals surface area contributed by atoms with Crippen LogP contribution in [0.1, 0.15) is 12.8 Å². The molecule has 0 radical (unpaired) electrons. The third-order valence-electron chi connectivity index (χ3n) is 2.76. The van der Waals surface area contributed by atoms with E-state index in [0.29, 0.717) is 6.04 Å². The molecule has 0 spiro atoms. The number of rotatable bonds is 5. The SMILES string of the molecule is COCCNC1CCN(C(=O)CN)CC1. The second-order valence-electron chi connectivity index (χ2n) is 3.81. The van der Waals surface area contributed by atoms with E-state index in [-0.39, 0.29) is 12.5 Å². The Hall–Kier alpha value is -0.650. The summed E-state index contributed by atoms with van der Waals surface area (Å²) in [6.45, 7) is 3.39. The van der Waals surface area contributed by atoms with Gasteiger partial charge in [-0.1, -0.05) is 0 Å². The molecule has 0 bridgehead atoms. The minimum absolute atomic E-state index is 0.0605. The first-order valence-electron chi connectivity index (χ1n) is 5.48. The predicted octanol–water partition coefficient (Wildman–Crippen LogP) is -0.828. The van der Waals surface area contributed by atoms with Crippen LogP contribution in [0.5, 0.6) is 0 Å². The van der Waals surface area contributed by atoms with Crippen LogP contribution in [-0.4, -0.2) is 56.7 Å². The zero-order chi connectivity index (χ0) is 11.1. The van der Waals surface area contributed by atoms with E-state index in [1.165, 1.54) is 0 Å². The Morgan fingerprint density at radius 1 is 1.53 bits per heavy atom. The van der Waals surface area contributed by atoms with Gasteiger partial charge in [-0.2, -0.15) is 0 Å². The molecule has 0 atom stereocenters. The van der Waals surface area contributed by atoms with Crippen LogP contribution in [0.3, 0.4) is 0 Å². The van der Waals surface area contributed by atoms with Gasteiger partial charge in [0.15, 0.2) is 0 Å². The van der Waals surface area contributed by atoms with Gasteiger partial charge >= 0.3 is 0 Å². The van der Waals surface area contributed by atoms with Crippen molar-refractivity contribution >= 4 is 5.91 Å². The molecular weight excluding hydrogens is 194 g/mol. The first-order chi connectivity index (χ1) is 7.27. The normalized spacial score (nSPS) is 18.1. The van der Waals surface area contributed by atoms with Gasteiger partial charge in [-0.05, 0) is 12.8 Å². The van der Waals surface area contributed by atoms with E-state index in [2.05, 4.69) is 5.32 Å². The standard InChI is InChI=1S/C10H21N3O2/c1-15-7-4-12-9-2-5-13(6-3-9)10(14)8-11/h9,12H,2-8,11H2,1H3. The molecule has 3 N–H and O–H groups in total. The van der Waals surface area contributed by atoms with Crippen molar-refractivity contribution < 1.29 is 9.53 Å². The highest BCUT2D eigenvalue weighted by atomic mass is 16.5. The molecule has 0 aliphatic carbocycles. The summed E-state index contributed by atoms with van der Waals surface area (Å²) >= 11 is 0. The second kappa shape index (κ2) is 6.76. The van der Waals surface area contributed by atoms with Crippen LogP contribution in [0.15, 0.2) is 0 Å². The highest BCUT2D eigenvalue weighted by Crippen LogP contribution is 2.09. The van der Waals surface area contributed by atoms with Crippen molar-refractivity contribution in [3.05, 3.63) is 0 Å². The summed E-state index contributed by atoms with van der Waals surface area (Å²) < 4.78 is 4.97. The number of hydrogen-bond donors (Lipinski definition) is 2. The lowest BCUT2D eigenvalue weighted by Crippen LogP contribution is -2.47. The summed E-state index contributed by atoms with van der Waals surface area (Å²) in [6, 6.07) is 0.516. The maximum absolute atomic E-state index is 11.3. The minimum atomic E-state index is 0.0605. The highest BCUT2D eigenvalue weighted by molar-refractivity contribution is 5.78. The van der Waals surface area contributed by atoms with Gasteiger partial charge in [-0.15, -0.1) is 0 Å². The summed E-state index contributed by atoms with van der Waals surface area (Å²) in [5, 5.41) is 3.41. The van der Waals surface area contributed by atoms with E-state index in [4.69, 9.17) is 10.5 Å². The molecule has 15 heavy (non-hydrogen) atoms. The third-order valence-corrected chi connectivity index (χ3v) is 2.76. The molecule has 1 saturated heterocycles. The maximum atomic E-state index is 11.3. The average Bonchev–Trinajstić information content (AvgIpc) is 2.29. The number of nitrogens with two attached hydrogens (primary N) is 1. The van der Waals surface area contributed by atoms with Crippen LogP contribution in [0.4, 0.5) is 0 Å². The van der Waals surface area contributed by atoms with Gasteiger partial charge in [0.25, 0.3) is 0 Å². The number of carbonyl (C=O) groups is 1. The van der Waals surface area contributed by atoms with Crippen molar-refractivity contribution in [1.82, 2.24) is 10.2 Å². The van der Waals surface area contributed by atoms with Crippen LogP contribution < -0.4 is 11.1 Å². The molecule has 5 nitrogen and oxygen atoms in total. The molecule has 1 rings (SSSR count). The second-order valence-corrected chi connectivity index (χ2v) is 3.81. The zero-order valence-corrected chi connectivity index (χ0v) is 9.37. The van der Waals surface area contributed by atoms with Gasteiger partial charge in [0.05, 0.1) is 13.2 Å². The predicted molar refractivity (Wildman–Crippen MR) is 58.5 cm³/mol. The van der Waals surface area contributed by atoms with E-state index in [0.717, 1.165) is 39.1 Å². The van der Waals surface area contributed by atoms with Crippen molar-refractivity contribution in [2.45, 2.75) is 18.9 Å². The van der Waals surface area contributed by atoms with Crippen molar-refractivity contribution in [2.75, 3.05) is 39.9 Å². The number of likely N-dealkylation sites (tertiary alicyclic amines) is 1. The topological polar surface area (TPSA) is 67.6 Å². The minimum Gasteiger partial charge on any atom is -0.383 e. The third kappa shape index (κ3) is 4.15. The Morgan fingerprint density at radius 3 is 2.73 bits per heavy atom. The first-order valence-corrected chi connectivity index (χ1v) is 5.48. The van der Waals surface area contributed by atoms with Gasteiger partial charge in [0, 0.05) is 32.8 Å². The maximum Gasteiger partial charge on any atom is 0.236 e. The monoisotopic (exact) mass is 215 g/mol. The van der Waals surface area contributed by atoms with Crippen LogP contribution in [0, 0.1) is 0 Å². The van der Waals surface area contributed by atoms with Crippen molar-refractivity contribution in [2.24, 2.45) is 5.73 Å². The smallest absolute Gasteiger partial charge is 0.236 e. The fraction of sp³-hybridized carbons (Fsp3) is 0.900. The molecule has 1 amide bonds. The van der Waals surface area contributed by atoms with E-state index in [1.54, 1.807) is 7.11 Å². The number of methoxy groups -OCH3 is 1. The van der Waals surface area contributed by atoms with Gasteiger partial charge in [0.1, 0.15) is 0 Å². The lowest BCUT2D eigenvalue weighted by Gasteiger charge is -2.32. The van der Waals surface area contributed by atoms with E-state index >= 15 is 0 Å². The van der Waals surface area contributed by atoms with Crippen LogP contribution in [0.2, 0.25) is 0 Å². The highest BCUT2D eigenvalue weighted by Gasteiger charge is 2.20. The summed E-state index contributed by atoms with van der Waals surface area (Å²) in [7, 11) is 1.70. The van der Waals surface area contributed by atoms with E-state index in [9.17, 15) is 4.79 Å². The lowest BCUT2D eigenvalue weighted by molar-refractivity contribution is -0.130. The van der Waals surface area contributed by atoms with Crippen molar-refractivity contribution in [3.63, 3.8) is 0 Å². The number of nitrogens with zero attached hydrogens (tertiary/aromatic N) is 1. The molecule has 1 aliphatic rings. The molecule has 1 heterocycles. The molecule has 0 aromatic rings. The van der Waals surface area contributed by atoms with Crippen LogP contribution >= 0.6 is 0 Å². The Balaban J connectivity index is 2.15. The van der Waals surface area contributed by atoms with Gasteiger partial charge in [-0.3, -0.25) is 4.79 Å². The molecule has 5 heteroatoms. The molecule has 1 fully saturated rings. The quantitative estimate of drug-likeness (QED) is 0.588. The molecule has 0 unspecified atom stereocenters. The van der Waals surface area contributed by atoms with Crippen molar-refractivity contribution in [1.29, 1.82) is 0 Å². The number of ether oxygens (including phenoxy) is 1. The number of nitrogens with one attached hydrogen (secondary N) is 1. The van der Waals surface area contributed by atoms with Crippen LogP contribution in [-0.2, 0) is 9.53 Å². The fourth-order valence-corrected chi connectivity index (χ4v) is 1.83. The molecule has 0 aromatic carbocycles. The first kappa shape index (κ1) is 12.4. The Kier molecular flexibility index (Phi) is 5.60.